The van der Waals surface area contributed by atoms with Crippen molar-refractivity contribution in [3.05, 3.63) is 41.5 Å². The second-order valence-corrected chi connectivity index (χ2v) is 6.91. The molecule has 3 rings (SSSR count). The van der Waals surface area contributed by atoms with E-state index in [2.05, 4.69) is 10.3 Å². The molecule has 2 aromatic rings. The fraction of sp³-hybridized carbons (Fsp3) is 0.316. The normalized spacial score (nSPS) is 15.2. The molecule has 3 N–H and O–H groups in total. The number of pyridine rings is 1. The summed E-state index contributed by atoms with van der Waals surface area (Å²) in [6, 6.07) is 8.90. The molecule has 2 amide bonds. The maximum Gasteiger partial charge on any atom is 0.272 e. The Morgan fingerprint density at radius 1 is 1.23 bits per heavy atom. The number of hydrogen-bond acceptors (Lipinski definition) is 5. The number of aryl methyl sites for hydroxylation is 2. The van der Waals surface area contributed by atoms with Crippen LogP contribution in [0.4, 0.5) is 17.3 Å². The van der Waals surface area contributed by atoms with E-state index >= 15 is 0 Å². The number of rotatable bonds is 3. The minimum absolute atomic E-state index is 0.179. The first-order valence-corrected chi connectivity index (χ1v) is 8.32. The number of hydrogen-bond donors (Lipinski definition) is 2. The molecular formula is C19H22N4O3. The van der Waals surface area contributed by atoms with E-state index in [1.54, 1.807) is 26.0 Å². The third kappa shape index (κ3) is 3.33. The Bertz CT molecular complexity index is 892. The smallest absolute Gasteiger partial charge is 0.272 e. The molecule has 7 heteroatoms. The lowest BCUT2D eigenvalue weighted by Crippen LogP contribution is -2.54. The third-order valence-corrected chi connectivity index (χ3v) is 4.33. The number of carbonyl (C=O) groups is 2. The van der Waals surface area contributed by atoms with E-state index in [-0.39, 0.29) is 30.0 Å². The van der Waals surface area contributed by atoms with Crippen LogP contribution >= 0.6 is 0 Å². The molecule has 7 nitrogen and oxygen atoms in total. The zero-order valence-corrected chi connectivity index (χ0v) is 15.3. The summed E-state index contributed by atoms with van der Waals surface area (Å²) in [7, 11) is 0. The lowest BCUT2D eigenvalue weighted by atomic mass is 10.1. The van der Waals surface area contributed by atoms with E-state index in [0.717, 1.165) is 11.1 Å². The molecule has 0 radical (unpaired) electrons. The first-order valence-electron chi connectivity index (χ1n) is 8.32. The molecule has 1 aliphatic rings. The van der Waals surface area contributed by atoms with Crippen molar-refractivity contribution in [2.24, 2.45) is 0 Å². The van der Waals surface area contributed by atoms with Crippen molar-refractivity contribution in [3.8, 4) is 5.75 Å². The third-order valence-electron chi connectivity index (χ3n) is 4.33. The van der Waals surface area contributed by atoms with Crippen molar-refractivity contribution in [2.45, 2.75) is 33.3 Å². The van der Waals surface area contributed by atoms with Gasteiger partial charge in [0.25, 0.3) is 5.91 Å². The zero-order chi connectivity index (χ0) is 19.1. The molecule has 1 aromatic heterocycles. The molecule has 0 bridgehead atoms. The van der Waals surface area contributed by atoms with Gasteiger partial charge in [-0.3, -0.25) is 14.5 Å². The Balaban J connectivity index is 1.85. The predicted octanol–water partition coefficient (Wildman–Crippen LogP) is 2.42. The van der Waals surface area contributed by atoms with Crippen molar-refractivity contribution in [1.82, 2.24) is 4.98 Å². The second kappa shape index (κ2) is 6.33. The van der Waals surface area contributed by atoms with Gasteiger partial charge in [-0.05, 0) is 63.1 Å². The molecule has 2 heterocycles. The van der Waals surface area contributed by atoms with Gasteiger partial charge in [0.05, 0.1) is 0 Å². The van der Waals surface area contributed by atoms with Crippen molar-refractivity contribution in [1.29, 1.82) is 0 Å². The number of nitrogens with one attached hydrogen (secondary N) is 1. The molecular weight excluding hydrogens is 332 g/mol. The Morgan fingerprint density at radius 3 is 2.65 bits per heavy atom. The molecule has 136 valence electrons. The summed E-state index contributed by atoms with van der Waals surface area (Å²) in [5.41, 5.74) is 7.54. The summed E-state index contributed by atoms with van der Waals surface area (Å²) in [6.45, 7) is 7.11. The number of aromatic nitrogens is 1. The molecule has 0 spiro atoms. The SMILES string of the molecule is Cc1ccc(NC(=O)CN2C(=O)C(C)(C)Oc3ccc(N)nc32)cc1C. The van der Waals surface area contributed by atoms with Crippen LogP contribution in [0.1, 0.15) is 25.0 Å². The lowest BCUT2D eigenvalue weighted by molar-refractivity contribution is -0.133. The Hall–Kier alpha value is -3.09. The van der Waals surface area contributed by atoms with Crippen molar-refractivity contribution in [2.75, 3.05) is 22.5 Å². The van der Waals surface area contributed by atoms with Crippen molar-refractivity contribution >= 4 is 29.1 Å². The lowest BCUT2D eigenvalue weighted by Gasteiger charge is -2.37. The molecule has 26 heavy (non-hydrogen) atoms. The number of anilines is 3. The van der Waals surface area contributed by atoms with Crippen LogP contribution in [0.3, 0.4) is 0 Å². The van der Waals surface area contributed by atoms with Crippen LogP contribution in [-0.4, -0.2) is 28.9 Å². The van der Waals surface area contributed by atoms with Gasteiger partial charge >= 0.3 is 0 Å². The van der Waals surface area contributed by atoms with Crippen LogP contribution < -0.4 is 20.7 Å². The van der Waals surface area contributed by atoms with Gasteiger partial charge in [-0.15, -0.1) is 0 Å². The largest absolute Gasteiger partial charge is 0.474 e. The van der Waals surface area contributed by atoms with E-state index in [0.29, 0.717) is 11.4 Å². The topological polar surface area (TPSA) is 97.5 Å². The predicted molar refractivity (Wildman–Crippen MR) is 100 cm³/mol. The second-order valence-electron chi connectivity index (χ2n) is 6.91. The summed E-state index contributed by atoms with van der Waals surface area (Å²) in [6.07, 6.45) is 0. The fourth-order valence-electron chi connectivity index (χ4n) is 2.77. The Morgan fingerprint density at radius 2 is 1.96 bits per heavy atom. The maximum atomic E-state index is 12.7. The van der Waals surface area contributed by atoms with Gasteiger partial charge < -0.3 is 15.8 Å². The monoisotopic (exact) mass is 354 g/mol. The minimum atomic E-state index is -1.09. The molecule has 0 fully saturated rings. The highest BCUT2D eigenvalue weighted by Gasteiger charge is 2.42. The number of fused-ring (bicyclic) bond motifs is 1. The van der Waals surface area contributed by atoms with Gasteiger partial charge in [-0.1, -0.05) is 6.07 Å². The zero-order valence-electron chi connectivity index (χ0n) is 15.3. The first kappa shape index (κ1) is 17.7. The summed E-state index contributed by atoms with van der Waals surface area (Å²) < 4.78 is 5.70. The maximum absolute atomic E-state index is 12.7. The van der Waals surface area contributed by atoms with Gasteiger partial charge in [0.1, 0.15) is 12.4 Å². The molecule has 1 aromatic carbocycles. The number of nitrogen functional groups attached to an aromatic ring is 1. The van der Waals surface area contributed by atoms with E-state index in [9.17, 15) is 9.59 Å². The minimum Gasteiger partial charge on any atom is -0.474 e. The number of carbonyl (C=O) groups excluding carboxylic acids is 2. The summed E-state index contributed by atoms with van der Waals surface area (Å²) in [5.74, 6) is 0.250. The summed E-state index contributed by atoms with van der Waals surface area (Å²) >= 11 is 0. The molecule has 1 aliphatic heterocycles. The molecule has 0 aliphatic carbocycles. The van der Waals surface area contributed by atoms with Gasteiger partial charge in [-0.25, -0.2) is 4.98 Å². The van der Waals surface area contributed by atoms with E-state index in [1.807, 2.05) is 32.0 Å². The van der Waals surface area contributed by atoms with Gasteiger partial charge in [-0.2, -0.15) is 0 Å². The van der Waals surface area contributed by atoms with Gasteiger partial charge in [0.15, 0.2) is 17.2 Å². The highest BCUT2D eigenvalue weighted by molar-refractivity contribution is 6.07. The summed E-state index contributed by atoms with van der Waals surface area (Å²) in [4.78, 5) is 30.8. The van der Waals surface area contributed by atoms with E-state index < -0.39 is 5.60 Å². The highest BCUT2D eigenvalue weighted by atomic mass is 16.5. The number of benzene rings is 1. The van der Waals surface area contributed by atoms with Crippen LogP contribution in [0, 0.1) is 13.8 Å². The number of nitrogens with zero attached hydrogens (tertiary/aromatic N) is 2. The number of amides is 2. The fourth-order valence-corrected chi connectivity index (χ4v) is 2.77. The Labute approximate surface area is 152 Å². The van der Waals surface area contributed by atoms with Crippen LogP contribution in [-0.2, 0) is 9.59 Å². The van der Waals surface area contributed by atoms with E-state index in [4.69, 9.17) is 10.5 Å². The highest BCUT2D eigenvalue weighted by Crippen LogP contribution is 2.36. The van der Waals surface area contributed by atoms with Crippen LogP contribution in [0.5, 0.6) is 5.75 Å². The Kier molecular flexibility index (Phi) is 4.31. The quantitative estimate of drug-likeness (QED) is 0.882. The molecule has 0 saturated carbocycles. The average molecular weight is 354 g/mol. The van der Waals surface area contributed by atoms with Crippen LogP contribution in [0.15, 0.2) is 30.3 Å². The molecule has 0 unspecified atom stereocenters. The first-order chi connectivity index (χ1) is 12.2. The summed E-state index contributed by atoms with van der Waals surface area (Å²) in [5, 5.41) is 2.82. The van der Waals surface area contributed by atoms with Crippen LogP contribution in [0.25, 0.3) is 0 Å². The van der Waals surface area contributed by atoms with Gasteiger partial charge in [0, 0.05) is 5.69 Å². The van der Waals surface area contributed by atoms with Crippen molar-refractivity contribution in [3.63, 3.8) is 0 Å². The van der Waals surface area contributed by atoms with Gasteiger partial charge in [0.2, 0.25) is 5.91 Å². The van der Waals surface area contributed by atoms with Crippen molar-refractivity contribution < 1.29 is 14.3 Å². The number of nitrogens with two attached hydrogens (primary N) is 1. The molecule has 0 saturated heterocycles. The number of ether oxygens (including phenoxy) is 1. The van der Waals surface area contributed by atoms with E-state index in [1.165, 1.54) is 4.90 Å². The molecule has 0 atom stereocenters. The van der Waals surface area contributed by atoms with Crippen LogP contribution in [0.2, 0.25) is 0 Å². The standard InChI is InChI=1S/C19H22N4O3/c1-11-5-6-13(9-12(11)2)21-16(24)10-23-17-14(7-8-15(20)22-17)26-19(3,4)18(23)25/h5-9H,10H2,1-4H3,(H2,20,22)(H,21,24). The average Bonchev–Trinajstić information content (AvgIpc) is 2.56.